The molecule has 2 aromatic rings. The summed E-state index contributed by atoms with van der Waals surface area (Å²) < 4.78 is 0. The summed E-state index contributed by atoms with van der Waals surface area (Å²) in [6, 6.07) is 11.5. The average molecular weight is 468 g/mol. The molecule has 1 heterocycles. The van der Waals surface area contributed by atoms with Crippen molar-refractivity contribution in [2.75, 3.05) is 17.7 Å². The van der Waals surface area contributed by atoms with E-state index in [9.17, 15) is 9.90 Å². The number of hydrogen-bond acceptors (Lipinski definition) is 6. The molecule has 3 N–H and O–H groups in total. The molecule has 0 radical (unpaired) electrons. The van der Waals surface area contributed by atoms with Crippen molar-refractivity contribution in [2.24, 2.45) is 5.41 Å². The molecule has 1 fully saturated rings. The van der Waals surface area contributed by atoms with Gasteiger partial charge in [-0.15, -0.1) is 0 Å². The maximum Gasteiger partial charge on any atom is 0.272 e. The van der Waals surface area contributed by atoms with Crippen LogP contribution in [0.1, 0.15) is 82.8 Å². The van der Waals surface area contributed by atoms with E-state index in [0.29, 0.717) is 24.0 Å². The number of hydrogen-bond donors (Lipinski definition) is 3. The van der Waals surface area contributed by atoms with E-state index < -0.39 is 6.10 Å². The number of carbonyl (C=O) groups excluding carboxylic acids is 1. The van der Waals surface area contributed by atoms with Gasteiger partial charge in [0.15, 0.2) is 0 Å². The van der Waals surface area contributed by atoms with Crippen LogP contribution in [0.5, 0.6) is 0 Å². The summed E-state index contributed by atoms with van der Waals surface area (Å²) in [7, 11) is 1.78. The molecule has 1 aromatic carbocycles. The van der Waals surface area contributed by atoms with Gasteiger partial charge in [0, 0.05) is 25.2 Å². The summed E-state index contributed by atoms with van der Waals surface area (Å²) in [5.41, 5.74) is 1.28. The summed E-state index contributed by atoms with van der Waals surface area (Å²) >= 11 is 0. The molecule has 1 aromatic heterocycles. The summed E-state index contributed by atoms with van der Waals surface area (Å²) in [5, 5.41) is 17.3. The highest BCUT2D eigenvalue weighted by Gasteiger charge is 2.28. The lowest BCUT2D eigenvalue weighted by Crippen LogP contribution is -2.38. The Morgan fingerprint density at radius 3 is 2.41 bits per heavy atom. The van der Waals surface area contributed by atoms with Crippen LogP contribution >= 0.6 is 0 Å². The Morgan fingerprint density at radius 2 is 1.76 bits per heavy atom. The van der Waals surface area contributed by atoms with Crippen molar-refractivity contribution < 1.29 is 9.90 Å². The van der Waals surface area contributed by atoms with Crippen LogP contribution in [0.25, 0.3) is 0 Å². The number of aromatic nitrogens is 2. The van der Waals surface area contributed by atoms with Gasteiger partial charge in [0.2, 0.25) is 5.95 Å². The maximum absolute atomic E-state index is 13.3. The Hall–Kier alpha value is -2.67. The van der Waals surface area contributed by atoms with Gasteiger partial charge in [-0.1, -0.05) is 63.9 Å². The number of rotatable bonds is 8. The Kier molecular flexibility index (Phi) is 8.18. The molecule has 2 atom stereocenters. The molecule has 3 rings (SSSR count). The Labute approximate surface area is 204 Å². The number of aliphatic hydroxyl groups excluding tert-OH is 1. The second-order valence-corrected chi connectivity index (χ2v) is 11.5. The molecular formula is C27H41N5O2. The van der Waals surface area contributed by atoms with E-state index in [2.05, 4.69) is 55.2 Å². The molecule has 1 aliphatic carbocycles. The number of anilines is 2. The SMILES string of the molecule is CN(Cc1ccccc1)C(=O)c1cc(NC(C)(C)CC(C)(C)C)nc(N[C@H]2CCCC[C@@H]2O)n1. The van der Waals surface area contributed by atoms with Gasteiger partial charge in [-0.2, -0.15) is 4.98 Å². The molecule has 0 spiro atoms. The highest BCUT2D eigenvalue weighted by atomic mass is 16.3. The molecule has 1 amide bonds. The van der Waals surface area contributed by atoms with Gasteiger partial charge in [0.1, 0.15) is 11.5 Å². The molecular weight excluding hydrogens is 426 g/mol. The fraction of sp³-hybridized carbons (Fsp3) is 0.593. The van der Waals surface area contributed by atoms with E-state index in [1.54, 1.807) is 18.0 Å². The first-order chi connectivity index (χ1) is 15.9. The van der Waals surface area contributed by atoms with Crippen molar-refractivity contribution in [2.45, 2.75) is 91.0 Å². The van der Waals surface area contributed by atoms with E-state index in [1.165, 1.54) is 0 Å². The lowest BCUT2D eigenvalue weighted by Gasteiger charge is -2.34. The van der Waals surface area contributed by atoms with E-state index in [0.717, 1.165) is 37.7 Å². The van der Waals surface area contributed by atoms with Crippen molar-refractivity contribution >= 4 is 17.7 Å². The maximum atomic E-state index is 13.3. The molecule has 7 nitrogen and oxygen atoms in total. The highest BCUT2D eigenvalue weighted by molar-refractivity contribution is 5.93. The van der Waals surface area contributed by atoms with Crippen LogP contribution < -0.4 is 10.6 Å². The predicted molar refractivity (Wildman–Crippen MR) is 138 cm³/mol. The number of nitrogens with one attached hydrogen (secondary N) is 2. The fourth-order valence-electron chi connectivity index (χ4n) is 4.97. The van der Waals surface area contributed by atoms with Crippen molar-refractivity contribution in [3.05, 3.63) is 47.7 Å². The molecule has 1 saturated carbocycles. The van der Waals surface area contributed by atoms with Crippen LogP contribution in [-0.2, 0) is 6.54 Å². The minimum atomic E-state index is -0.439. The van der Waals surface area contributed by atoms with Gasteiger partial charge in [-0.25, -0.2) is 4.98 Å². The highest BCUT2D eigenvalue weighted by Crippen LogP contribution is 2.30. The summed E-state index contributed by atoms with van der Waals surface area (Å²) in [4.78, 5) is 24.3. The lowest BCUT2D eigenvalue weighted by atomic mass is 9.82. The lowest BCUT2D eigenvalue weighted by molar-refractivity contribution is 0.0779. The molecule has 0 aliphatic heterocycles. The van der Waals surface area contributed by atoms with Gasteiger partial charge < -0.3 is 20.6 Å². The third-order valence-corrected chi connectivity index (χ3v) is 6.04. The van der Waals surface area contributed by atoms with Gasteiger partial charge >= 0.3 is 0 Å². The first kappa shape index (κ1) is 25.9. The number of benzene rings is 1. The van der Waals surface area contributed by atoms with Crippen molar-refractivity contribution in [1.29, 1.82) is 0 Å². The Bertz CT molecular complexity index is 955. The van der Waals surface area contributed by atoms with Gasteiger partial charge in [0.25, 0.3) is 5.91 Å². The number of nitrogens with zero attached hydrogens (tertiary/aromatic N) is 3. The van der Waals surface area contributed by atoms with Crippen LogP contribution in [0.2, 0.25) is 0 Å². The van der Waals surface area contributed by atoms with Gasteiger partial charge in [0.05, 0.1) is 12.1 Å². The molecule has 7 heteroatoms. The summed E-state index contributed by atoms with van der Waals surface area (Å²) in [6.07, 6.45) is 4.18. The molecule has 0 unspecified atom stereocenters. The summed E-state index contributed by atoms with van der Waals surface area (Å²) in [5.74, 6) is 0.808. The number of amides is 1. The normalized spacial score (nSPS) is 18.9. The van der Waals surface area contributed by atoms with Crippen LogP contribution in [0, 0.1) is 5.41 Å². The number of carbonyl (C=O) groups is 1. The molecule has 186 valence electrons. The largest absolute Gasteiger partial charge is 0.391 e. The van der Waals surface area contributed by atoms with Crippen LogP contribution in [-0.4, -0.2) is 50.6 Å². The van der Waals surface area contributed by atoms with E-state index in [4.69, 9.17) is 0 Å². The first-order valence-electron chi connectivity index (χ1n) is 12.3. The standard InChI is InChI=1S/C27H41N5O2/c1-26(2,3)18-27(4,5)31-23-16-21(24(34)32(6)17-19-12-8-7-9-13-19)29-25(30-23)28-20-14-10-11-15-22(20)33/h7-9,12-13,16,20,22,33H,10-11,14-15,17-18H2,1-6H3,(H2,28,29,30,31)/t20-,22-/m0/s1. The zero-order valence-corrected chi connectivity index (χ0v) is 21.6. The Morgan fingerprint density at radius 1 is 1.09 bits per heavy atom. The van der Waals surface area contributed by atoms with Crippen LogP contribution in [0.4, 0.5) is 11.8 Å². The Balaban J connectivity index is 1.87. The molecule has 0 bridgehead atoms. The van der Waals surface area contributed by atoms with Crippen molar-refractivity contribution in [3.63, 3.8) is 0 Å². The quantitative estimate of drug-likeness (QED) is 0.501. The second kappa shape index (κ2) is 10.7. The molecule has 34 heavy (non-hydrogen) atoms. The molecule has 0 saturated heterocycles. The van der Waals surface area contributed by atoms with E-state index in [-0.39, 0.29) is 22.9 Å². The third-order valence-electron chi connectivity index (χ3n) is 6.04. The molecule has 1 aliphatic rings. The third kappa shape index (κ3) is 7.69. The summed E-state index contributed by atoms with van der Waals surface area (Å²) in [6.45, 7) is 11.4. The van der Waals surface area contributed by atoms with Crippen molar-refractivity contribution in [1.82, 2.24) is 14.9 Å². The van der Waals surface area contributed by atoms with Crippen LogP contribution in [0.15, 0.2) is 36.4 Å². The smallest absolute Gasteiger partial charge is 0.272 e. The topological polar surface area (TPSA) is 90.4 Å². The predicted octanol–water partition coefficient (Wildman–Crippen LogP) is 5.09. The first-order valence-corrected chi connectivity index (χ1v) is 12.3. The monoisotopic (exact) mass is 467 g/mol. The zero-order valence-electron chi connectivity index (χ0n) is 21.6. The van der Waals surface area contributed by atoms with E-state index in [1.807, 2.05) is 30.3 Å². The van der Waals surface area contributed by atoms with Gasteiger partial charge in [-0.05, 0) is 44.1 Å². The van der Waals surface area contributed by atoms with E-state index >= 15 is 0 Å². The number of aliphatic hydroxyl groups is 1. The fourth-order valence-corrected chi connectivity index (χ4v) is 4.97. The second-order valence-electron chi connectivity index (χ2n) is 11.5. The van der Waals surface area contributed by atoms with Crippen molar-refractivity contribution in [3.8, 4) is 0 Å². The van der Waals surface area contributed by atoms with Crippen LogP contribution in [0.3, 0.4) is 0 Å². The zero-order chi connectivity index (χ0) is 24.9. The van der Waals surface area contributed by atoms with Gasteiger partial charge in [-0.3, -0.25) is 4.79 Å². The minimum Gasteiger partial charge on any atom is -0.391 e. The minimum absolute atomic E-state index is 0.114. The average Bonchev–Trinajstić information content (AvgIpc) is 2.73.